The predicted octanol–water partition coefficient (Wildman–Crippen LogP) is 2.55. The summed E-state index contributed by atoms with van der Waals surface area (Å²) in [6.45, 7) is 3.97. The Balaban J connectivity index is 3.43. The zero-order valence-corrected chi connectivity index (χ0v) is 7.70. The van der Waals surface area contributed by atoms with Gasteiger partial charge in [-0.05, 0) is 23.6 Å². The standard InChI is InChI=1S/C11H10N2/c1-8(2)11-9(6-12)4-3-5-10(11)7-13/h3-5,8H,1-2H3. The van der Waals surface area contributed by atoms with E-state index >= 15 is 0 Å². The predicted molar refractivity (Wildman–Crippen MR) is 50.0 cm³/mol. The zero-order valence-electron chi connectivity index (χ0n) is 7.70. The van der Waals surface area contributed by atoms with Crippen LogP contribution in [0.15, 0.2) is 18.2 Å². The van der Waals surface area contributed by atoms with Gasteiger partial charge in [0.15, 0.2) is 0 Å². The first kappa shape index (κ1) is 9.29. The molecule has 0 fully saturated rings. The Hall–Kier alpha value is -1.80. The molecule has 13 heavy (non-hydrogen) atoms. The van der Waals surface area contributed by atoms with Crippen molar-refractivity contribution in [2.24, 2.45) is 0 Å². The molecular weight excluding hydrogens is 160 g/mol. The Morgan fingerprint density at radius 1 is 1.08 bits per heavy atom. The zero-order chi connectivity index (χ0) is 9.84. The molecule has 0 spiro atoms. The van der Waals surface area contributed by atoms with Crippen molar-refractivity contribution in [3.63, 3.8) is 0 Å². The average Bonchev–Trinajstić information content (AvgIpc) is 2.16. The first-order valence-electron chi connectivity index (χ1n) is 4.13. The maximum atomic E-state index is 8.83. The van der Waals surface area contributed by atoms with E-state index in [1.54, 1.807) is 18.2 Å². The SMILES string of the molecule is CC(C)c1c(C#N)cccc1C#N. The second-order valence-corrected chi connectivity index (χ2v) is 3.15. The van der Waals surface area contributed by atoms with Crippen LogP contribution in [-0.4, -0.2) is 0 Å². The highest BCUT2D eigenvalue weighted by Crippen LogP contribution is 2.22. The maximum Gasteiger partial charge on any atom is 0.0995 e. The van der Waals surface area contributed by atoms with Gasteiger partial charge in [-0.3, -0.25) is 0 Å². The van der Waals surface area contributed by atoms with E-state index in [2.05, 4.69) is 12.1 Å². The Kier molecular flexibility index (Phi) is 2.67. The quantitative estimate of drug-likeness (QED) is 0.650. The van der Waals surface area contributed by atoms with Crippen molar-refractivity contribution in [3.8, 4) is 12.1 Å². The van der Waals surface area contributed by atoms with Crippen molar-refractivity contribution < 1.29 is 0 Å². The van der Waals surface area contributed by atoms with E-state index in [1.807, 2.05) is 13.8 Å². The van der Waals surface area contributed by atoms with Crippen LogP contribution < -0.4 is 0 Å². The molecule has 0 heterocycles. The third-order valence-electron chi connectivity index (χ3n) is 1.92. The van der Waals surface area contributed by atoms with Gasteiger partial charge in [0.05, 0.1) is 23.3 Å². The van der Waals surface area contributed by atoms with E-state index in [-0.39, 0.29) is 5.92 Å². The highest BCUT2D eigenvalue weighted by molar-refractivity contribution is 5.49. The molecule has 2 heteroatoms. The van der Waals surface area contributed by atoms with Crippen LogP contribution in [0.4, 0.5) is 0 Å². The summed E-state index contributed by atoms with van der Waals surface area (Å²) in [6.07, 6.45) is 0. The van der Waals surface area contributed by atoms with Crippen LogP contribution in [0.25, 0.3) is 0 Å². The van der Waals surface area contributed by atoms with Crippen LogP contribution in [0.5, 0.6) is 0 Å². The molecule has 0 atom stereocenters. The minimum absolute atomic E-state index is 0.213. The molecule has 0 bridgehead atoms. The van der Waals surface area contributed by atoms with Gasteiger partial charge in [-0.25, -0.2) is 0 Å². The molecule has 64 valence electrons. The molecule has 0 amide bonds. The van der Waals surface area contributed by atoms with E-state index in [0.29, 0.717) is 11.1 Å². The van der Waals surface area contributed by atoms with E-state index < -0.39 is 0 Å². The fourth-order valence-corrected chi connectivity index (χ4v) is 1.38. The summed E-state index contributed by atoms with van der Waals surface area (Å²) in [5.41, 5.74) is 2.07. The van der Waals surface area contributed by atoms with Crippen LogP contribution in [0.1, 0.15) is 36.5 Å². The number of rotatable bonds is 1. The molecule has 0 unspecified atom stereocenters. The fraction of sp³-hybridized carbons (Fsp3) is 0.273. The first-order chi connectivity index (χ1) is 6.20. The van der Waals surface area contributed by atoms with Gasteiger partial charge >= 0.3 is 0 Å². The monoisotopic (exact) mass is 170 g/mol. The van der Waals surface area contributed by atoms with Crippen LogP contribution in [0.3, 0.4) is 0 Å². The molecule has 0 aliphatic rings. The van der Waals surface area contributed by atoms with Crippen molar-refractivity contribution in [2.75, 3.05) is 0 Å². The minimum Gasteiger partial charge on any atom is -0.192 e. The van der Waals surface area contributed by atoms with Crippen LogP contribution in [0.2, 0.25) is 0 Å². The summed E-state index contributed by atoms with van der Waals surface area (Å²) in [6, 6.07) is 9.43. The van der Waals surface area contributed by atoms with Crippen LogP contribution >= 0.6 is 0 Å². The maximum absolute atomic E-state index is 8.83. The Labute approximate surface area is 78.0 Å². The van der Waals surface area contributed by atoms with E-state index in [1.165, 1.54) is 0 Å². The summed E-state index contributed by atoms with van der Waals surface area (Å²) < 4.78 is 0. The van der Waals surface area contributed by atoms with Gasteiger partial charge in [-0.15, -0.1) is 0 Å². The number of nitrogens with zero attached hydrogens (tertiary/aromatic N) is 2. The normalized spacial score (nSPS) is 9.31. The van der Waals surface area contributed by atoms with Gasteiger partial charge in [-0.1, -0.05) is 19.9 Å². The van der Waals surface area contributed by atoms with Crippen molar-refractivity contribution >= 4 is 0 Å². The molecule has 0 N–H and O–H groups in total. The number of benzene rings is 1. The van der Waals surface area contributed by atoms with Crippen LogP contribution in [0, 0.1) is 22.7 Å². The van der Waals surface area contributed by atoms with Gasteiger partial charge in [-0.2, -0.15) is 10.5 Å². The smallest absolute Gasteiger partial charge is 0.0995 e. The third-order valence-corrected chi connectivity index (χ3v) is 1.92. The second kappa shape index (κ2) is 3.74. The molecule has 0 aromatic heterocycles. The van der Waals surface area contributed by atoms with Gasteiger partial charge in [0, 0.05) is 0 Å². The van der Waals surface area contributed by atoms with Crippen molar-refractivity contribution in [2.45, 2.75) is 19.8 Å². The topological polar surface area (TPSA) is 47.6 Å². The lowest BCUT2D eigenvalue weighted by Gasteiger charge is -2.08. The number of nitriles is 2. The molecule has 0 radical (unpaired) electrons. The molecule has 1 rings (SSSR count). The van der Waals surface area contributed by atoms with Gasteiger partial charge in [0.25, 0.3) is 0 Å². The summed E-state index contributed by atoms with van der Waals surface area (Å²) in [4.78, 5) is 0. The summed E-state index contributed by atoms with van der Waals surface area (Å²) in [7, 11) is 0. The Morgan fingerprint density at radius 2 is 1.54 bits per heavy atom. The average molecular weight is 170 g/mol. The fourth-order valence-electron chi connectivity index (χ4n) is 1.38. The molecule has 0 aliphatic carbocycles. The Morgan fingerprint density at radius 3 is 1.85 bits per heavy atom. The lowest BCUT2D eigenvalue weighted by atomic mass is 9.93. The minimum atomic E-state index is 0.213. The number of hydrogen-bond donors (Lipinski definition) is 0. The first-order valence-corrected chi connectivity index (χ1v) is 4.13. The highest BCUT2D eigenvalue weighted by Gasteiger charge is 2.10. The van der Waals surface area contributed by atoms with Gasteiger partial charge < -0.3 is 0 Å². The van der Waals surface area contributed by atoms with Crippen molar-refractivity contribution in [1.29, 1.82) is 10.5 Å². The van der Waals surface area contributed by atoms with Crippen molar-refractivity contribution in [3.05, 3.63) is 34.9 Å². The third kappa shape index (κ3) is 1.68. The number of hydrogen-bond acceptors (Lipinski definition) is 2. The van der Waals surface area contributed by atoms with E-state index in [9.17, 15) is 0 Å². The molecule has 1 aromatic rings. The second-order valence-electron chi connectivity index (χ2n) is 3.15. The molecule has 1 aromatic carbocycles. The van der Waals surface area contributed by atoms with E-state index in [4.69, 9.17) is 10.5 Å². The molecule has 0 saturated heterocycles. The molecule has 0 aliphatic heterocycles. The van der Waals surface area contributed by atoms with Crippen molar-refractivity contribution in [1.82, 2.24) is 0 Å². The Bertz CT molecular complexity index is 359. The lowest BCUT2D eigenvalue weighted by molar-refractivity contribution is 0.858. The molecular formula is C11H10N2. The lowest BCUT2D eigenvalue weighted by Crippen LogP contribution is -1.96. The summed E-state index contributed by atoms with van der Waals surface area (Å²) in [5, 5.41) is 17.7. The largest absolute Gasteiger partial charge is 0.192 e. The van der Waals surface area contributed by atoms with Gasteiger partial charge in [0.2, 0.25) is 0 Å². The molecule has 0 saturated carbocycles. The summed E-state index contributed by atoms with van der Waals surface area (Å²) in [5.74, 6) is 0.213. The summed E-state index contributed by atoms with van der Waals surface area (Å²) >= 11 is 0. The highest BCUT2D eigenvalue weighted by atomic mass is 14.3. The molecule has 2 nitrogen and oxygen atoms in total. The van der Waals surface area contributed by atoms with Gasteiger partial charge in [0.1, 0.15) is 0 Å². The van der Waals surface area contributed by atoms with Crippen LogP contribution in [-0.2, 0) is 0 Å². The van der Waals surface area contributed by atoms with E-state index in [0.717, 1.165) is 5.56 Å².